The van der Waals surface area contributed by atoms with E-state index >= 15 is 0 Å². The maximum absolute atomic E-state index is 5.38. The van der Waals surface area contributed by atoms with E-state index in [1.54, 1.807) is 0 Å². The second kappa shape index (κ2) is 12.3. The molecule has 2 aliphatic heterocycles. The number of rotatable bonds is 5. The summed E-state index contributed by atoms with van der Waals surface area (Å²) in [6.45, 7) is 9.89. The number of hydrogen-bond acceptors (Lipinski definition) is 3. The molecule has 3 heterocycles. The lowest BCUT2D eigenvalue weighted by atomic mass is 9.94. The summed E-state index contributed by atoms with van der Waals surface area (Å²) in [6.07, 6.45) is 0. The molecule has 0 amide bonds. The topological polar surface area (TPSA) is 38.7 Å². The third-order valence-electron chi connectivity index (χ3n) is 11.8. The molecule has 54 heavy (non-hydrogen) atoms. The van der Waals surface area contributed by atoms with Crippen LogP contribution in [0, 0.1) is 0 Å². The van der Waals surface area contributed by atoms with E-state index in [2.05, 4.69) is 184 Å². The molecule has 8 aromatic rings. The number of benzene rings is 7. The fourth-order valence-corrected chi connectivity index (χ4v) is 15.0. The van der Waals surface area contributed by atoms with Crippen molar-refractivity contribution < 1.29 is 0 Å². The van der Waals surface area contributed by atoms with E-state index in [1.807, 2.05) is 6.07 Å². The van der Waals surface area contributed by atoms with Crippen molar-refractivity contribution in [3.63, 3.8) is 0 Å². The summed E-state index contributed by atoms with van der Waals surface area (Å²) < 4.78 is 0. The molecule has 258 valence electrons. The van der Waals surface area contributed by atoms with Gasteiger partial charge in [0.25, 0.3) is 0 Å². The molecular formula is C49H39N3Si2. The zero-order chi connectivity index (χ0) is 36.6. The molecule has 0 bridgehead atoms. The maximum Gasteiger partial charge on any atom is 0.164 e. The highest BCUT2D eigenvalue weighted by atomic mass is 28.3. The Balaban J connectivity index is 1.18. The molecule has 0 aliphatic carbocycles. The molecule has 1 aromatic heterocycles. The van der Waals surface area contributed by atoms with E-state index in [0.29, 0.717) is 17.5 Å². The van der Waals surface area contributed by atoms with Crippen molar-refractivity contribution >= 4 is 36.9 Å². The van der Waals surface area contributed by atoms with Gasteiger partial charge in [-0.15, -0.1) is 0 Å². The van der Waals surface area contributed by atoms with Crippen LogP contribution in [0.5, 0.6) is 0 Å². The molecule has 0 unspecified atom stereocenters. The zero-order valence-corrected chi connectivity index (χ0v) is 32.9. The lowest BCUT2D eigenvalue weighted by molar-refractivity contribution is 1.07. The van der Waals surface area contributed by atoms with Crippen LogP contribution in [0.2, 0.25) is 26.2 Å². The van der Waals surface area contributed by atoms with Crippen LogP contribution in [0.3, 0.4) is 0 Å². The number of nitrogens with zero attached hydrogens (tertiary/aromatic N) is 3. The van der Waals surface area contributed by atoms with Gasteiger partial charge >= 0.3 is 0 Å². The van der Waals surface area contributed by atoms with Crippen molar-refractivity contribution in [1.29, 1.82) is 0 Å². The Kier molecular flexibility index (Phi) is 7.41. The second-order valence-corrected chi connectivity index (χ2v) is 24.3. The van der Waals surface area contributed by atoms with Gasteiger partial charge in [-0.05, 0) is 77.4 Å². The molecule has 0 fully saturated rings. The summed E-state index contributed by atoms with van der Waals surface area (Å²) in [4.78, 5) is 15.8. The normalized spacial score (nSPS) is 14.2. The summed E-state index contributed by atoms with van der Waals surface area (Å²) in [7, 11) is -3.86. The molecule has 3 nitrogen and oxygen atoms in total. The van der Waals surface area contributed by atoms with E-state index in [4.69, 9.17) is 15.0 Å². The fourth-order valence-electron chi connectivity index (χ4n) is 8.83. The minimum absolute atomic E-state index is 0.674. The summed E-state index contributed by atoms with van der Waals surface area (Å²) >= 11 is 0. The first-order valence-electron chi connectivity index (χ1n) is 18.8. The van der Waals surface area contributed by atoms with Crippen molar-refractivity contribution in [3.8, 4) is 78.7 Å². The molecule has 2 aliphatic rings. The molecule has 0 N–H and O–H groups in total. The van der Waals surface area contributed by atoms with Crippen LogP contribution in [0.1, 0.15) is 0 Å². The average Bonchev–Trinajstić information content (AvgIpc) is 3.59. The van der Waals surface area contributed by atoms with Crippen LogP contribution in [0.4, 0.5) is 0 Å². The van der Waals surface area contributed by atoms with Crippen LogP contribution in [0.25, 0.3) is 78.7 Å². The highest BCUT2D eigenvalue weighted by Gasteiger charge is 2.39. The first kappa shape index (κ1) is 32.6. The van der Waals surface area contributed by atoms with Gasteiger partial charge in [0, 0.05) is 16.7 Å². The van der Waals surface area contributed by atoms with Crippen molar-refractivity contribution in [2.24, 2.45) is 0 Å². The van der Waals surface area contributed by atoms with Gasteiger partial charge < -0.3 is 0 Å². The molecule has 0 saturated heterocycles. The highest BCUT2D eigenvalue weighted by molar-refractivity contribution is 7.04. The van der Waals surface area contributed by atoms with E-state index in [-0.39, 0.29) is 0 Å². The summed E-state index contributed by atoms with van der Waals surface area (Å²) in [5.41, 5.74) is 13.1. The van der Waals surface area contributed by atoms with Gasteiger partial charge in [-0.2, -0.15) is 0 Å². The monoisotopic (exact) mass is 725 g/mol. The number of hydrogen-bond donors (Lipinski definition) is 0. The van der Waals surface area contributed by atoms with Gasteiger partial charge in [0.1, 0.15) is 16.1 Å². The average molecular weight is 726 g/mol. The van der Waals surface area contributed by atoms with E-state index in [1.165, 1.54) is 54.1 Å². The molecule has 0 atom stereocenters. The third kappa shape index (κ3) is 5.11. The molecule has 7 aromatic carbocycles. The Hall–Kier alpha value is -6.02. The quantitative estimate of drug-likeness (QED) is 0.166. The predicted molar refractivity (Wildman–Crippen MR) is 231 cm³/mol. The predicted octanol–water partition coefficient (Wildman–Crippen LogP) is 9.81. The largest absolute Gasteiger partial charge is 0.208 e. The van der Waals surface area contributed by atoms with Gasteiger partial charge in [0.2, 0.25) is 0 Å². The minimum atomic E-state index is -1.94. The summed E-state index contributed by atoms with van der Waals surface area (Å²) in [6, 6.07) is 59.5. The minimum Gasteiger partial charge on any atom is -0.208 e. The molecule has 0 radical (unpaired) electrons. The van der Waals surface area contributed by atoms with E-state index in [0.717, 1.165) is 27.8 Å². The summed E-state index contributed by atoms with van der Waals surface area (Å²) in [5, 5.41) is 5.88. The third-order valence-corrected chi connectivity index (χ3v) is 18.8. The Morgan fingerprint density at radius 3 is 1.48 bits per heavy atom. The Morgan fingerprint density at radius 1 is 0.278 bits per heavy atom. The van der Waals surface area contributed by atoms with Crippen LogP contribution in [0.15, 0.2) is 164 Å². The molecule has 0 saturated carbocycles. The summed E-state index contributed by atoms with van der Waals surface area (Å²) in [5.74, 6) is 2.05. The Labute approximate surface area is 319 Å². The van der Waals surface area contributed by atoms with Gasteiger partial charge in [0.05, 0.1) is 0 Å². The molecule has 0 spiro atoms. The van der Waals surface area contributed by atoms with Gasteiger partial charge in [-0.1, -0.05) is 178 Å². The van der Waals surface area contributed by atoms with Crippen molar-refractivity contribution in [3.05, 3.63) is 164 Å². The molecule has 10 rings (SSSR count). The van der Waals surface area contributed by atoms with E-state index in [9.17, 15) is 0 Å². The van der Waals surface area contributed by atoms with Crippen LogP contribution in [-0.4, -0.2) is 31.1 Å². The van der Waals surface area contributed by atoms with Crippen molar-refractivity contribution in [2.75, 3.05) is 0 Å². The molecule has 5 heteroatoms. The number of fused-ring (bicyclic) bond motifs is 6. The van der Waals surface area contributed by atoms with Crippen molar-refractivity contribution in [2.45, 2.75) is 26.2 Å². The second-order valence-electron chi connectivity index (χ2n) is 15.7. The SMILES string of the molecule is C[Si]1(C)c2ccc(-c3nc(-c4ccccc4)nc(-c4cc5c(cc4-c4ccccc4)[Si](C)(C)c4ccccc4-5)n3)cc2-c2ccc(-c3ccccc3)cc21. The first-order valence-corrected chi connectivity index (χ1v) is 24.8. The zero-order valence-electron chi connectivity index (χ0n) is 30.9. The molecular weight excluding hydrogens is 687 g/mol. The lowest BCUT2D eigenvalue weighted by Gasteiger charge is -2.21. The van der Waals surface area contributed by atoms with Gasteiger partial charge in [0.15, 0.2) is 17.5 Å². The maximum atomic E-state index is 5.38. The lowest BCUT2D eigenvalue weighted by Crippen LogP contribution is -2.49. The number of aromatic nitrogens is 3. The van der Waals surface area contributed by atoms with Crippen LogP contribution in [-0.2, 0) is 0 Å². The fraction of sp³-hybridized carbons (Fsp3) is 0.0816. The van der Waals surface area contributed by atoms with Crippen LogP contribution >= 0.6 is 0 Å². The van der Waals surface area contributed by atoms with Gasteiger partial charge in [-0.25, -0.2) is 15.0 Å². The van der Waals surface area contributed by atoms with E-state index < -0.39 is 16.1 Å². The standard InChI is InChI=1S/C49H39N3Si2/c1-53(2)43-23-15-14-22-37(43)41-30-42(39(31-46(41)53)33-18-10-6-11-19-33)49-51-47(34-20-12-7-13-21-34)50-48(52-49)36-25-27-44-40(28-36)38-26-24-35(29-45(38)54(44,3)4)32-16-8-5-9-17-32/h5-31H,1-4H3. The highest BCUT2D eigenvalue weighted by Crippen LogP contribution is 2.39. The van der Waals surface area contributed by atoms with Crippen LogP contribution < -0.4 is 20.7 Å². The Morgan fingerprint density at radius 2 is 0.778 bits per heavy atom. The van der Waals surface area contributed by atoms with Gasteiger partial charge in [-0.3, -0.25) is 0 Å². The first-order chi connectivity index (χ1) is 26.3. The Bertz CT molecular complexity index is 2760. The smallest absolute Gasteiger partial charge is 0.164 e. The van der Waals surface area contributed by atoms with Crippen molar-refractivity contribution in [1.82, 2.24) is 15.0 Å².